The van der Waals surface area contributed by atoms with E-state index in [0.29, 0.717) is 6.42 Å². The first-order valence-corrected chi connectivity index (χ1v) is 4.69. The van der Waals surface area contributed by atoms with Gasteiger partial charge in [-0.2, -0.15) is 0 Å². The Kier molecular flexibility index (Phi) is 3.57. The Morgan fingerprint density at radius 1 is 1.50 bits per heavy atom. The number of ether oxygens (including phenoxy) is 1. The molecule has 12 heavy (non-hydrogen) atoms. The molecule has 0 spiro atoms. The van der Waals surface area contributed by atoms with Crippen LogP contribution in [0.25, 0.3) is 0 Å². The first kappa shape index (κ1) is 11.8. The molecule has 0 aromatic carbocycles. The summed E-state index contributed by atoms with van der Waals surface area (Å²) in [5.74, 6) is 0. The van der Waals surface area contributed by atoms with Crippen LogP contribution in [0.15, 0.2) is 0 Å². The van der Waals surface area contributed by atoms with Crippen LogP contribution in [0.1, 0.15) is 34.1 Å². The molecule has 0 radical (unpaired) electrons. The number of hydrogen-bond acceptors (Lipinski definition) is 2. The third kappa shape index (κ3) is 2.66. The molecule has 1 atom stereocenters. The van der Waals surface area contributed by atoms with Crippen LogP contribution >= 0.6 is 15.9 Å². The van der Waals surface area contributed by atoms with Gasteiger partial charge in [-0.15, -0.1) is 0 Å². The van der Waals surface area contributed by atoms with Crippen molar-refractivity contribution in [2.45, 2.75) is 38.6 Å². The molecule has 3 nitrogen and oxygen atoms in total. The Morgan fingerprint density at radius 3 is 2.00 bits per heavy atom. The summed E-state index contributed by atoms with van der Waals surface area (Å²) in [6.07, 6.45) is -0.0666. The van der Waals surface area contributed by atoms with E-state index in [0.717, 1.165) is 0 Å². The van der Waals surface area contributed by atoms with Crippen LogP contribution in [0, 0.1) is 5.41 Å². The lowest BCUT2D eigenvalue weighted by molar-refractivity contribution is 0.0122. The topological polar surface area (TPSA) is 52.3 Å². The van der Waals surface area contributed by atoms with Crippen molar-refractivity contribution in [3.05, 3.63) is 0 Å². The molecular weight excluding hydrogens is 222 g/mol. The van der Waals surface area contributed by atoms with E-state index >= 15 is 0 Å². The molecule has 0 heterocycles. The highest BCUT2D eigenvalue weighted by molar-refractivity contribution is 9.10. The van der Waals surface area contributed by atoms with Crippen LogP contribution in [0.3, 0.4) is 0 Å². The molecule has 0 aromatic heterocycles. The van der Waals surface area contributed by atoms with Gasteiger partial charge in [0.1, 0.15) is 0 Å². The molecule has 0 aliphatic carbocycles. The lowest BCUT2D eigenvalue weighted by Gasteiger charge is -2.37. The van der Waals surface area contributed by atoms with Crippen LogP contribution in [0.2, 0.25) is 0 Å². The van der Waals surface area contributed by atoms with Crippen LogP contribution in [-0.4, -0.2) is 10.6 Å². The number of carbonyl (C=O) groups excluding carboxylic acids is 1. The second kappa shape index (κ2) is 3.64. The zero-order valence-electron chi connectivity index (χ0n) is 7.98. The average Bonchev–Trinajstić information content (AvgIpc) is 1.83. The van der Waals surface area contributed by atoms with Crippen molar-refractivity contribution >= 4 is 22.0 Å². The van der Waals surface area contributed by atoms with E-state index in [2.05, 4.69) is 15.9 Å². The van der Waals surface area contributed by atoms with Crippen molar-refractivity contribution < 1.29 is 9.53 Å². The van der Waals surface area contributed by atoms with Gasteiger partial charge in [-0.1, -0.05) is 27.7 Å². The fourth-order valence-electron chi connectivity index (χ4n) is 0.915. The minimum Gasteiger partial charge on any atom is -0.431 e. The lowest BCUT2D eigenvalue weighted by Crippen LogP contribution is -2.42. The van der Waals surface area contributed by atoms with Crippen molar-refractivity contribution in [1.29, 1.82) is 0 Å². The SMILES string of the molecule is CCC(Br)(OC(N)=O)C(C)(C)C. The fraction of sp³-hybridized carbons (Fsp3) is 0.875. The number of halogens is 1. The fourth-order valence-corrected chi connectivity index (χ4v) is 1.07. The van der Waals surface area contributed by atoms with Crippen molar-refractivity contribution in [3.8, 4) is 0 Å². The number of amides is 1. The molecule has 0 rings (SSSR count). The molecule has 0 aromatic rings. The Hall–Kier alpha value is -0.250. The van der Waals surface area contributed by atoms with E-state index in [1.54, 1.807) is 0 Å². The molecule has 0 aliphatic heterocycles. The lowest BCUT2D eigenvalue weighted by atomic mass is 9.87. The standard InChI is InChI=1S/C8H16BrNO2/c1-5-8(9,7(2,3)4)12-6(10)11/h5H2,1-4H3,(H2,10,11). The number of hydrogen-bond donors (Lipinski definition) is 1. The van der Waals surface area contributed by atoms with Gasteiger partial charge in [-0.3, -0.25) is 0 Å². The highest BCUT2D eigenvalue weighted by Gasteiger charge is 2.41. The second-order valence-electron chi connectivity index (χ2n) is 3.75. The number of alkyl halides is 1. The van der Waals surface area contributed by atoms with E-state index in [9.17, 15) is 4.79 Å². The Labute approximate surface area is 81.8 Å². The molecule has 0 fully saturated rings. The van der Waals surface area contributed by atoms with E-state index in [-0.39, 0.29) is 5.41 Å². The number of rotatable bonds is 2. The maximum atomic E-state index is 10.6. The first-order valence-electron chi connectivity index (χ1n) is 3.90. The minimum absolute atomic E-state index is 0.170. The van der Waals surface area contributed by atoms with E-state index in [1.807, 2.05) is 27.7 Å². The maximum absolute atomic E-state index is 10.6. The normalized spacial score (nSPS) is 16.8. The molecule has 0 saturated carbocycles. The molecule has 0 saturated heterocycles. The third-order valence-electron chi connectivity index (χ3n) is 1.84. The highest BCUT2D eigenvalue weighted by Crippen LogP contribution is 2.41. The van der Waals surface area contributed by atoms with Gasteiger partial charge in [0.05, 0.1) is 0 Å². The van der Waals surface area contributed by atoms with E-state index < -0.39 is 10.6 Å². The third-order valence-corrected chi connectivity index (χ3v) is 3.75. The largest absolute Gasteiger partial charge is 0.431 e. The summed E-state index contributed by atoms with van der Waals surface area (Å²) in [5.41, 5.74) is 4.79. The van der Waals surface area contributed by atoms with Crippen LogP contribution < -0.4 is 5.73 Å². The van der Waals surface area contributed by atoms with Gasteiger partial charge in [0, 0.05) is 5.41 Å². The van der Waals surface area contributed by atoms with Crippen LogP contribution in [-0.2, 0) is 4.74 Å². The molecule has 4 heteroatoms. The van der Waals surface area contributed by atoms with Crippen molar-refractivity contribution in [1.82, 2.24) is 0 Å². The minimum atomic E-state index is -0.747. The van der Waals surface area contributed by atoms with Gasteiger partial charge < -0.3 is 10.5 Å². The summed E-state index contributed by atoms with van der Waals surface area (Å²) < 4.78 is 4.35. The Morgan fingerprint density at radius 2 is 1.92 bits per heavy atom. The second-order valence-corrected chi connectivity index (χ2v) is 5.03. The molecule has 1 unspecified atom stereocenters. The zero-order chi connectivity index (χ0) is 9.99. The molecule has 0 aliphatic rings. The number of carbonyl (C=O) groups is 1. The van der Waals surface area contributed by atoms with Crippen molar-refractivity contribution in [2.75, 3.05) is 0 Å². The number of nitrogens with two attached hydrogens (primary N) is 1. The zero-order valence-corrected chi connectivity index (χ0v) is 9.56. The Bertz CT molecular complexity index is 176. The van der Waals surface area contributed by atoms with Gasteiger partial charge in [-0.25, -0.2) is 4.79 Å². The van der Waals surface area contributed by atoms with Gasteiger partial charge in [0.15, 0.2) is 4.51 Å². The van der Waals surface area contributed by atoms with Crippen molar-refractivity contribution in [2.24, 2.45) is 11.1 Å². The van der Waals surface area contributed by atoms with Gasteiger partial charge in [0.25, 0.3) is 0 Å². The molecule has 2 N–H and O–H groups in total. The summed E-state index contributed by atoms with van der Waals surface area (Å²) in [6, 6.07) is 0. The van der Waals surface area contributed by atoms with Gasteiger partial charge in [0.2, 0.25) is 0 Å². The van der Waals surface area contributed by atoms with Gasteiger partial charge in [-0.05, 0) is 22.4 Å². The maximum Gasteiger partial charge on any atom is 0.405 e. The predicted octanol–water partition coefficient (Wildman–Crippen LogP) is 2.63. The van der Waals surface area contributed by atoms with Crippen molar-refractivity contribution in [3.63, 3.8) is 0 Å². The molecular formula is C8H16BrNO2. The summed E-state index contributed by atoms with van der Waals surface area (Å²) >= 11 is 3.38. The molecule has 1 amide bonds. The van der Waals surface area contributed by atoms with Crippen LogP contribution in [0.5, 0.6) is 0 Å². The monoisotopic (exact) mass is 237 g/mol. The smallest absolute Gasteiger partial charge is 0.405 e. The summed E-state index contributed by atoms with van der Waals surface area (Å²) in [7, 11) is 0. The highest BCUT2D eigenvalue weighted by atomic mass is 79.9. The van der Waals surface area contributed by atoms with E-state index in [1.165, 1.54) is 0 Å². The van der Waals surface area contributed by atoms with Gasteiger partial charge >= 0.3 is 6.09 Å². The van der Waals surface area contributed by atoms with E-state index in [4.69, 9.17) is 10.5 Å². The molecule has 72 valence electrons. The first-order chi connectivity index (χ1) is 5.23. The van der Waals surface area contributed by atoms with Crippen LogP contribution in [0.4, 0.5) is 4.79 Å². The Balaban J connectivity index is 4.56. The predicted molar refractivity (Wildman–Crippen MR) is 52.1 cm³/mol. The summed E-state index contributed by atoms with van der Waals surface area (Å²) in [4.78, 5) is 10.6. The number of primary amides is 1. The quantitative estimate of drug-likeness (QED) is 0.752. The molecule has 0 bridgehead atoms. The summed E-state index contributed by atoms with van der Waals surface area (Å²) in [6.45, 7) is 7.87. The summed E-state index contributed by atoms with van der Waals surface area (Å²) in [5, 5.41) is 0. The average molecular weight is 238 g/mol.